The van der Waals surface area contributed by atoms with Gasteiger partial charge in [0.05, 0.1) is 0 Å². The largest absolute Gasteiger partial charge is 0.456 e. The van der Waals surface area contributed by atoms with Gasteiger partial charge in [-0.1, -0.05) is 127 Å². The van der Waals surface area contributed by atoms with E-state index in [-0.39, 0.29) is 0 Å². The van der Waals surface area contributed by atoms with Gasteiger partial charge >= 0.3 is 0 Å². The van der Waals surface area contributed by atoms with Crippen LogP contribution in [0.15, 0.2) is 179 Å². The molecule has 2 heterocycles. The first-order valence-electron chi connectivity index (χ1n) is 17.1. The van der Waals surface area contributed by atoms with Gasteiger partial charge in [-0.25, -0.2) is 0 Å². The Morgan fingerprint density at radius 3 is 1.38 bits per heavy atom. The second kappa shape index (κ2) is 10.4. The van der Waals surface area contributed by atoms with E-state index in [1.807, 2.05) is 18.2 Å². The van der Waals surface area contributed by atoms with E-state index in [0.29, 0.717) is 0 Å². The average molecular weight is 637 g/mol. The van der Waals surface area contributed by atoms with Crippen LogP contribution in [-0.2, 0) is 0 Å². The van der Waals surface area contributed by atoms with E-state index in [1.54, 1.807) is 0 Å². The highest BCUT2D eigenvalue weighted by Crippen LogP contribution is 2.44. The van der Waals surface area contributed by atoms with Crippen LogP contribution in [0.2, 0.25) is 0 Å². The molecular weight excluding hydrogens is 609 g/mol. The number of fused-ring (bicyclic) bond motifs is 9. The van der Waals surface area contributed by atoms with Crippen molar-refractivity contribution < 1.29 is 8.83 Å². The zero-order valence-electron chi connectivity index (χ0n) is 27.0. The summed E-state index contributed by atoms with van der Waals surface area (Å²) in [6.45, 7) is 0. The smallest absolute Gasteiger partial charge is 0.139 e. The third-order valence-corrected chi connectivity index (χ3v) is 10.4. The summed E-state index contributed by atoms with van der Waals surface area (Å²) in [5, 5.41) is 11.9. The molecule has 0 radical (unpaired) electrons. The van der Waals surface area contributed by atoms with Crippen molar-refractivity contribution in [1.29, 1.82) is 0 Å². The molecule has 0 spiro atoms. The second-order valence-electron chi connectivity index (χ2n) is 13.2. The van der Waals surface area contributed by atoms with Crippen LogP contribution in [0.3, 0.4) is 0 Å². The standard InChI is InChI=1S/C48H28O2/c1-2-10-29(11-3-1)47-36-13-4-6-15-38(36)48(39-16-7-5-14-37(39)47)34-21-20-30-24-31(18-19-32(30)25-34)33-22-23-44-40(26-33)42-27-41-35-12-8-9-17-43(35)49-45(41)28-46(42)50-44/h1-28H. The van der Waals surface area contributed by atoms with E-state index in [1.165, 1.54) is 60.1 Å². The molecule has 0 aliphatic heterocycles. The van der Waals surface area contributed by atoms with E-state index in [2.05, 4.69) is 152 Å². The predicted molar refractivity (Wildman–Crippen MR) is 210 cm³/mol. The summed E-state index contributed by atoms with van der Waals surface area (Å²) in [7, 11) is 0. The minimum Gasteiger partial charge on any atom is -0.456 e. The third kappa shape index (κ3) is 4.03. The molecule has 2 heteroatoms. The van der Waals surface area contributed by atoms with E-state index in [4.69, 9.17) is 8.83 Å². The quantitative estimate of drug-likeness (QED) is 0.180. The Bertz CT molecular complexity index is 3080. The maximum Gasteiger partial charge on any atom is 0.139 e. The average Bonchev–Trinajstić information content (AvgIpc) is 3.72. The molecule has 50 heavy (non-hydrogen) atoms. The number of para-hydroxylation sites is 1. The van der Waals surface area contributed by atoms with E-state index in [0.717, 1.165) is 49.4 Å². The highest BCUT2D eigenvalue weighted by molar-refractivity contribution is 6.22. The van der Waals surface area contributed by atoms with Crippen molar-refractivity contribution in [2.45, 2.75) is 0 Å². The van der Waals surface area contributed by atoms with Crippen molar-refractivity contribution in [3.63, 3.8) is 0 Å². The lowest BCUT2D eigenvalue weighted by Crippen LogP contribution is -1.90. The normalized spacial score (nSPS) is 12.0. The first-order chi connectivity index (χ1) is 24.8. The van der Waals surface area contributed by atoms with Crippen LogP contribution in [0.5, 0.6) is 0 Å². The lowest BCUT2D eigenvalue weighted by Gasteiger charge is -2.18. The number of hydrogen-bond acceptors (Lipinski definition) is 2. The van der Waals surface area contributed by atoms with Gasteiger partial charge in [-0.2, -0.15) is 0 Å². The molecule has 232 valence electrons. The first kappa shape index (κ1) is 27.3. The van der Waals surface area contributed by atoms with Crippen molar-refractivity contribution in [3.8, 4) is 33.4 Å². The molecular formula is C48H28O2. The fraction of sp³-hybridized carbons (Fsp3) is 0. The topological polar surface area (TPSA) is 26.3 Å². The molecule has 0 atom stereocenters. The molecule has 0 N–H and O–H groups in total. The molecule has 11 rings (SSSR count). The van der Waals surface area contributed by atoms with Gasteiger partial charge in [-0.05, 0) is 102 Å². The lowest BCUT2D eigenvalue weighted by atomic mass is 9.85. The van der Waals surface area contributed by atoms with Crippen LogP contribution in [0, 0.1) is 0 Å². The third-order valence-electron chi connectivity index (χ3n) is 10.4. The van der Waals surface area contributed by atoms with Crippen LogP contribution in [0.1, 0.15) is 0 Å². The summed E-state index contributed by atoms with van der Waals surface area (Å²) < 4.78 is 12.4. The molecule has 11 aromatic rings. The summed E-state index contributed by atoms with van der Waals surface area (Å²) in [5.74, 6) is 0. The Hall–Kier alpha value is -6.64. The number of rotatable bonds is 3. The SMILES string of the molecule is c1ccc(-c2c3ccccc3c(-c3ccc4cc(-c5ccc6oc7cc8oc9ccccc9c8cc7c6c5)ccc4c3)c3ccccc23)cc1. The number of furan rings is 2. The van der Waals surface area contributed by atoms with Crippen molar-refractivity contribution in [1.82, 2.24) is 0 Å². The molecule has 0 unspecified atom stereocenters. The maximum atomic E-state index is 6.31. The monoisotopic (exact) mass is 636 g/mol. The van der Waals surface area contributed by atoms with Gasteiger partial charge in [-0.15, -0.1) is 0 Å². The van der Waals surface area contributed by atoms with Gasteiger partial charge < -0.3 is 8.83 Å². The highest BCUT2D eigenvalue weighted by Gasteiger charge is 2.17. The highest BCUT2D eigenvalue weighted by atomic mass is 16.3. The molecule has 2 nitrogen and oxygen atoms in total. The minimum atomic E-state index is 0.839. The molecule has 0 saturated heterocycles. The van der Waals surface area contributed by atoms with Gasteiger partial charge in [0.2, 0.25) is 0 Å². The Kier molecular flexibility index (Phi) is 5.70. The van der Waals surface area contributed by atoms with Gasteiger partial charge in [0.1, 0.15) is 22.3 Å². The van der Waals surface area contributed by atoms with Crippen molar-refractivity contribution in [3.05, 3.63) is 170 Å². The second-order valence-corrected chi connectivity index (χ2v) is 13.2. The van der Waals surface area contributed by atoms with Crippen LogP contribution in [0.25, 0.3) is 110 Å². The first-order valence-corrected chi connectivity index (χ1v) is 17.1. The lowest BCUT2D eigenvalue weighted by molar-refractivity contribution is 0.656. The zero-order valence-corrected chi connectivity index (χ0v) is 27.0. The fourth-order valence-electron chi connectivity index (χ4n) is 8.11. The Labute approximate surface area is 287 Å². The molecule has 0 aliphatic carbocycles. The zero-order chi connectivity index (χ0) is 32.8. The van der Waals surface area contributed by atoms with Gasteiger partial charge in [0.25, 0.3) is 0 Å². The Morgan fingerprint density at radius 2 is 0.700 bits per heavy atom. The van der Waals surface area contributed by atoms with E-state index < -0.39 is 0 Å². The number of hydrogen-bond donors (Lipinski definition) is 0. The van der Waals surface area contributed by atoms with Gasteiger partial charge in [0, 0.05) is 27.6 Å². The van der Waals surface area contributed by atoms with E-state index in [9.17, 15) is 0 Å². The van der Waals surface area contributed by atoms with Crippen molar-refractivity contribution in [2.24, 2.45) is 0 Å². The summed E-state index contributed by atoms with van der Waals surface area (Å²) in [5.41, 5.74) is 10.8. The summed E-state index contributed by atoms with van der Waals surface area (Å²) in [6, 6.07) is 61.1. The van der Waals surface area contributed by atoms with Crippen LogP contribution in [-0.4, -0.2) is 0 Å². The van der Waals surface area contributed by atoms with E-state index >= 15 is 0 Å². The molecule has 9 aromatic carbocycles. The Morgan fingerprint density at radius 1 is 0.240 bits per heavy atom. The summed E-state index contributed by atoms with van der Waals surface area (Å²) >= 11 is 0. The summed E-state index contributed by atoms with van der Waals surface area (Å²) in [4.78, 5) is 0. The Balaban J connectivity index is 1.05. The predicted octanol–water partition coefficient (Wildman–Crippen LogP) is 13.9. The van der Waals surface area contributed by atoms with Crippen molar-refractivity contribution in [2.75, 3.05) is 0 Å². The molecule has 0 aliphatic rings. The molecule has 2 aromatic heterocycles. The summed E-state index contributed by atoms with van der Waals surface area (Å²) in [6.07, 6.45) is 0. The number of benzene rings is 9. The maximum absolute atomic E-state index is 6.31. The van der Waals surface area contributed by atoms with Crippen LogP contribution < -0.4 is 0 Å². The molecule has 0 fully saturated rings. The van der Waals surface area contributed by atoms with Crippen LogP contribution >= 0.6 is 0 Å². The van der Waals surface area contributed by atoms with Crippen LogP contribution in [0.4, 0.5) is 0 Å². The molecule has 0 bridgehead atoms. The molecule has 0 amide bonds. The van der Waals surface area contributed by atoms with Gasteiger partial charge in [-0.3, -0.25) is 0 Å². The molecule has 0 saturated carbocycles. The minimum absolute atomic E-state index is 0.839. The fourth-order valence-corrected chi connectivity index (χ4v) is 8.11. The van der Waals surface area contributed by atoms with Gasteiger partial charge in [0.15, 0.2) is 0 Å². The van der Waals surface area contributed by atoms with Crippen molar-refractivity contribution >= 4 is 76.2 Å².